The molecule has 0 aromatic heterocycles. The van der Waals surface area contributed by atoms with E-state index in [0.717, 1.165) is 17.7 Å². The first-order valence-electron chi connectivity index (χ1n) is 11.8. The highest BCUT2D eigenvalue weighted by Crippen LogP contribution is 2.35. The zero-order valence-electron chi connectivity index (χ0n) is 19.8. The van der Waals surface area contributed by atoms with Gasteiger partial charge < -0.3 is 15.0 Å². The average molecular weight is 484 g/mol. The minimum absolute atomic E-state index is 0.0409. The fourth-order valence-electron chi connectivity index (χ4n) is 4.53. The van der Waals surface area contributed by atoms with Gasteiger partial charge in [0.1, 0.15) is 11.8 Å². The van der Waals surface area contributed by atoms with Crippen LogP contribution in [0.5, 0.6) is 5.75 Å². The molecule has 0 spiro atoms. The summed E-state index contributed by atoms with van der Waals surface area (Å²) in [7, 11) is 0. The predicted octanol–water partition coefficient (Wildman–Crippen LogP) is 3.67. The minimum Gasteiger partial charge on any atom is -0.482 e. The number of rotatable bonds is 7. The van der Waals surface area contributed by atoms with Crippen LogP contribution in [0, 0.1) is 0 Å². The summed E-state index contributed by atoms with van der Waals surface area (Å²) >= 11 is 0. The van der Waals surface area contributed by atoms with Gasteiger partial charge in [-0.25, -0.2) is 0 Å². The molecule has 0 saturated carbocycles. The lowest BCUT2D eigenvalue weighted by Gasteiger charge is -2.30. The molecule has 8 heteroatoms. The molecule has 2 aliphatic rings. The SMILES string of the molecule is CC(C(=O)Nc1ccc2c(c1)N(CCCc1ccccc1)C(=O)CO2)N1C(=O)c2ccccc2C1=O. The predicted molar refractivity (Wildman–Crippen MR) is 134 cm³/mol. The molecule has 0 aliphatic carbocycles. The third-order valence-electron chi connectivity index (χ3n) is 6.45. The number of hydrogen-bond acceptors (Lipinski definition) is 5. The molecule has 1 unspecified atom stereocenters. The Hall–Kier alpha value is -4.46. The van der Waals surface area contributed by atoms with E-state index in [-0.39, 0.29) is 23.6 Å². The number of nitrogens with one attached hydrogen (secondary N) is 1. The lowest BCUT2D eigenvalue weighted by Crippen LogP contribution is -2.45. The first-order chi connectivity index (χ1) is 17.4. The van der Waals surface area contributed by atoms with Gasteiger partial charge in [0.15, 0.2) is 6.61 Å². The smallest absolute Gasteiger partial charge is 0.265 e. The number of anilines is 2. The summed E-state index contributed by atoms with van der Waals surface area (Å²) in [4.78, 5) is 53.8. The highest BCUT2D eigenvalue weighted by atomic mass is 16.5. The molecule has 2 heterocycles. The van der Waals surface area contributed by atoms with Crippen LogP contribution in [0.3, 0.4) is 0 Å². The first-order valence-corrected chi connectivity index (χ1v) is 11.8. The van der Waals surface area contributed by atoms with Crippen molar-refractivity contribution in [2.75, 3.05) is 23.4 Å². The highest BCUT2D eigenvalue weighted by molar-refractivity contribution is 6.23. The first kappa shape index (κ1) is 23.3. The Balaban J connectivity index is 1.29. The summed E-state index contributed by atoms with van der Waals surface area (Å²) in [6.45, 7) is 1.98. The van der Waals surface area contributed by atoms with Gasteiger partial charge in [-0.2, -0.15) is 0 Å². The standard InChI is InChI=1S/C28H25N3O5/c1-18(31-27(34)21-11-5-6-12-22(21)28(31)35)26(33)29-20-13-14-24-23(16-20)30(25(32)17-36-24)15-7-10-19-8-3-2-4-9-19/h2-6,8-9,11-14,16,18H,7,10,15,17H2,1H3,(H,29,33). The molecule has 1 N–H and O–H groups in total. The number of hydrogen-bond donors (Lipinski definition) is 1. The van der Waals surface area contributed by atoms with Crippen molar-refractivity contribution in [1.82, 2.24) is 4.90 Å². The molecule has 0 saturated heterocycles. The van der Waals surface area contributed by atoms with Gasteiger partial charge in [-0.1, -0.05) is 42.5 Å². The molecular weight excluding hydrogens is 458 g/mol. The van der Waals surface area contributed by atoms with Crippen LogP contribution in [0.2, 0.25) is 0 Å². The van der Waals surface area contributed by atoms with Crippen LogP contribution in [0.4, 0.5) is 11.4 Å². The van der Waals surface area contributed by atoms with Gasteiger partial charge in [0.25, 0.3) is 17.7 Å². The van der Waals surface area contributed by atoms with E-state index in [4.69, 9.17) is 4.74 Å². The monoisotopic (exact) mass is 483 g/mol. The summed E-state index contributed by atoms with van der Waals surface area (Å²) in [5.74, 6) is -1.10. The van der Waals surface area contributed by atoms with Gasteiger partial charge >= 0.3 is 0 Å². The Bertz CT molecular complexity index is 1320. The second-order valence-electron chi connectivity index (χ2n) is 8.80. The van der Waals surface area contributed by atoms with E-state index in [1.165, 1.54) is 12.5 Å². The van der Waals surface area contributed by atoms with Gasteiger partial charge in [0.05, 0.1) is 16.8 Å². The number of carbonyl (C=O) groups is 4. The molecule has 3 aromatic rings. The van der Waals surface area contributed by atoms with Crippen LogP contribution in [0.25, 0.3) is 0 Å². The number of imide groups is 1. The maximum atomic E-state index is 13.0. The van der Waals surface area contributed by atoms with Gasteiger partial charge in [0, 0.05) is 12.2 Å². The number of benzene rings is 3. The number of amides is 4. The average Bonchev–Trinajstić information content (AvgIpc) is 3.15. The maximum absolute atomic E-state index is 13.0. The highest BCUT2D eigenvalue weighted by Gasteiger charge is 2.40. The molecule has 8 nitrogen and oxygen atoms in total. The molecule has 182 valence electrons. The van der Waals surface area contributed by atoms with E-state index in [0.29, 0.717) is 23.7 Å². The lowest BCUT2D eigenvalue weighted by molar-refractivity contribution is -0.121. The van der Waals surface area contributed by atoms with Gasteiger partial charge in [-0.3, -0.25) is 24.1 Å². The number of nitrogens with zero attached hydrogens (tertiary/aromatic N) is 2. The zero-order chi connectivity index (χ0) is 25.2. The van der Waals surface area contributed by atoms with Crippen LogP contribution < -0.4 is 15.0 Å². The van der Waals surface area contributed by atoms with E-state index < -0.39 is 23.8 Å². The summed E-state index contributed by atoms with van der Waals surface area (Å²) in [5, 5.41) is 2.78. The van der Waals surface area contributed by atoms with E-state index in [1.54, 1.807) is 47.4 Å². The fraction of sp³-hybridized carbons (Fsp3) is 0.214. The van der Waals surface area contributed by atoms with Crippen molar-refractivity contribution in [1.29, 1.82) is 0 Å². The van der Waals surface area contributed by atoms with Crippen molar-refractivity contribution in [3.63, 3.8) is 0 Å². The fourth-order valence-corrected chi connectivity index (χ4v) is 4.53. The summed E-state index contributed by atoms with van der Waals surface area (Å²) in [6.07, 6.45) is 1.59. The Morgan fingerprint density at radius 3 is 2.31 bits per heavy atom. The van der Waals surface area contributed by atoms with Gasteiger partial charge in [-0.15, -0.1) is 0 Å². The normalized spacial score (nSPS) is 15.3. The van der Waals surface area contributed by atoms with Crippen molar-refractivity contribution in [2.24, 2.45) is 0 Å². The van der Waals surface area contributed by atoms with Gasteiger partial charge in [-0.05, 0) is 55.7 Å². The Morgan fingerprint density at radius 2 is 1.61 bits per heavy atom. The van der Waals surface area contributed by atoms with E-state index in [9.17, 15) is 19.2 Å². The van der Waals surface area contributed by atoms with E-state index in [2.05, 4.69) is 17.4 Å². The topological polar surface area (TPSA) is 96.0 Å². The van der Waals surface area contributed by atoms with Crippen LogP contribution in [0.1, 0.15) is 39.6 Å². The number of carbonyl (C=O) groups excluding carboxylic acids is 4. The number of ether oxygens (including phenoxy) is 1. The van der Waals surface area contributed by atoms with Gasteiger partial charge in [0.2, 0.25) is 5.91 Å². The van der Waals surface area contributed by atoms with Crippen LogP contribution in [-0.2, 0) is 16.0 Å². The van der Waals surface area contributed by atoms with Crippen LogP contribution in [0.15, 0.2) is 72.8 Å². The van der Waals surface area contributed by atoms with E-state index >= 15 is 0 Å². The van der Waals surface area contributed by atoms with Crippen molar-refractivity contribution in [2.45, 2.75) is 25.8 Å². The Labute approximate surface area is 208 Å². The minimum atomic E-state index is -1.02. The van der Waals surface area contributed by atoms with Crippen molar-refractivity contribution in [3.8, 4) is 5.75 Å². The molecule has 2 aliphatic heterocycles. The van der Waals surface area contributed by atoms with Crippen molar-refractivity contribution >= 4 is 35.0 Å². The largest absolute Gasteiger partial charge is 0.482 e. The van der Waals surface area contributed by atoms with Crippen molar-refractivity contribution < 1.29 is 23.9 Å². The third kappa shape index (κ3) is 4.33. The van der Waals surface area contributed by atoms with E-state index in [1.807, 2.05) is 18.2 Å². The molecule has 5 rings (SSSR count). The zero-order valence-corrected chi connectivity index (χ0v) is 19.8. The molecule has 1 atom stereocenters. The molecule has 0 bridgehead atoms. The second kappa shape index (κ2) is 9.65. The molecular formula is C28H25N3O5. The summed E-state index contributed by atoms with van der Waals surface area (Å²) in [5.41, 5.74) is 2.79. The third-order valence-corrected chi connectivity index (χ3v) is 6.45. The number of aryl methyl sites for hydroxylation is 1. The lowest BCUT2D eigenvalue weighted by atomic mass is 10.1. The Morgan fingerprint density at radius 1 is 0.944 bits per heavy atom. The van der Waals surface area contributed by atoms with Crippen LogP contribution in [-0.4, -0.2) is 47.7 Å². The molecule has 0 radical (unpaired) electrons. The summed E-state index contributed by atoms with van der Waals surface area (Å²) < 4.78 is 5.58. The Kier molecular flexibility index (Phi) is 6.25. The quantitative estimate of drug-likeness (QED) is 0.518. The molecule has 3 aromatic carbocycles. The molecule has 4 amide bonds. The van der Waals surface area contributed by atoms with Crippen LogP contribution >= 0.6 is 0 Å². The van der Waals surface area contributed by atoms with Crippen molar-refractivity contribution in [3.05, 3.63) is 89.5 Å². The maximum Gasteiger partial charge on any atom is 0.265 e. The summed E-state index contributed by atoms with van der Waals surface area (Å²) in [6, 6.07) is 20.6. The molecule has 0 fully saturated rings. The second-order valence-corrected chi connectivity index (χ2v) is 8.80. The molecule has 36 heavy (non-hydrogen) atoms. The number of fused-ring (bicyclic) bond motifs is 2.